The van der Waals surface area contributed by atoms with Crippen LogP contribution in [0.15, 0.2) is 12.1 Å². The number of hydrogen-bond donors (Lipinski definition) is 3. The van der Waals surface area contributed by atoms with Gasteiger partial charge in [-0.3, -0.25) is 0 Å². The Morgan fingerprint density at radius 1 is 1.00 bits per heavy atom. The van der Waals surface area contributed by atoms with Crippen LogP contribution >= 0.6 is 0 Å². The van der Waals surface area contributed by atoms with E-state index >= 15 is 0 Å². The SMILES string of the molecule is CCNC(=O)Nc1c(C(C)C)cc(C(F)(F)C(O)(F)C(F)(F)F)cc1C(C)C. The first-order chi connectivity index (χ1) is 12.6. The molecular weight excluding hydrogens is 390 g/mol. The Morgan fingerprint density at radius 3 is 1.75 bits per heavy atom. The Labute approximate surface area is 159 Å². The highest BCUT2D eigenvalue weighted by Crippen LogP contribution is 2.50. The Bertz CT molecular complexity index is 686. The number of urea groups is 1. The van der Waals surface area contributed by atoms with Crippen molar-refractivity contribution < 1.29 is 36.2 Å². The average molecular weight is 414 g/mol. The molecule has 0 aromatic heterocycles. The van der Waals surface area contributed by atoms with Crippen LogP contribution in [0, 0.1) is 0 Å². The third kappa shape index (κ3) is 4.53. The van der Waals surface area contributed by atoms with Gasteiger partial charge in [0.15, 0.2) is 0 Å². The second kappa shape index (κ2) is 8.18. The number of alkyl halides is 6. The van der Waals surface area contributed by atoms with Crippen LogP contribution in [-0.2, 0) is 5.92 Å². The van der Waals surface area contributed by atoms with Crippen molar-refractivity contribution in [3.63, 3.8) is 0 Å². The molecule has 0 aliphatic carbocycles. The predicted octanol–water partition coefficient (Wildman–Crippen LogP) is 5.39. The number of carbonyl (C=O) groups is 1. The Balaban J connectivity index is 3.71. The van der Waals surface area contributed by atoms with Crippen molar-refractivity contribution in [2.24, 2.45) is 0 Å². The number of anilines is 1. The van der Waals surface area contributed by atoms with Crippen molar-refractivity contribution in [3.05, 3.63) is 28.8 Å². The number of rotatable bonds is 6. The number of aliphatic hydroxyl groups is 1. The van der Waals surface area contributed by atoms with Gasteiger partial charge in [-0.2, -0.15) is 26.3 Å². The minimum absolute atomic E-state index is 0.0881. The molecule has 0 aliphatic heterocycles. The summed E-state index contributed by atoms with van der Waals surface area (Å²) in [4.78, 5) is 11.9. The van der Waals surface area contributed by atoms with Crippen molar-refractivity contribution in [2.75, 3.05) is 11.9 Å². The molecule has 160 valence electrons. The molecule has 0 aliphatic rings. The first-order valence-electron chi connectivity index (χ1n) is 8.66. The van der Waals surface area contributed by atoms with Gasteiger partial charge >= 0.3 is 24.0 Å². The number of halogens is 6. The number of hydrogen-bond acceptors (Lipinski definition) is 2. The molecule has 1 aromatic carbocycles. The highest BCUT2D eigenvalue weighted by molar-refractivity contribution is 5.91. The van der Waals surface area contributed by atoms with E-state index in [1.165, 1.54) is 0 Å². The summed E-state index contributed by atoms with van der Waals surface area (Å²) in [7, 11) is 0. The second-order valence-corrected chi connectivity index (χ2v) is 7.02. The minimum Gasteiger partial charge on any atom is -0.350 e. The van der Waals surface area contributed by atoms with Crippen molar-refractivity contribution in [3.8, 4) is 0 Å². The summed E-state index contributed by atoms with van der Waals surface area (Å²) in [6.45, 7) is 8.27. The zero-order chi connectivity index (χ0) is 22.1. The fourth-order valence-corrected chi connectivity index (χ4v) is 2.61. The summed E-state index contributed by atoms with van der Waals surface area (Å²) in [5, 5.41) is 13.9. The molecule has 0 fully saturated rings. The van der Waals surface area contributed by atoms with Crippen LogP contribution in [0.5, 0.6) is 0 Å². The lowest BCUT2D eigenvalue weighted by Gasteiger charge is -2.32. The van der Waals surface area contributed by atoms with E-state index in [4.69, 9.17) is 5.11 Å². The van der Waals surface area contributed by atoms with E-state index < -0.39 is 41.4 Å². The van der Waals surface area contributed by atoms with Gasteiger partial charge in [-0.05, 0) is 42.0 Å². The zero-order valence-electron chi connectivity index (χ0n) is 16.1. The number of carbonyl (C=O) groups excluding carboxylic acids is 1. The molecule has 3 N–H and O–H groups in total. The molecule has 1 atom stereocenters. The molecule has 0 saturated carbocycles. The van der Waals surface area contributed by atoms with E-state index in [9.17, 15) is 31.1 Å². The van der Waals surface area contributed by atoms with Crippen LogP contribution in [0.2, 0.25) is 0 Å². The maximum atomic E-state index is 14.4. The molecule has 4 nitrogen and oxygen atoms in total. The molecule has 1 rings (SSSR count). The van der Waals surface area contributed by atoms with Gasteiger partial charge in [0.1, 0.15) is 0 Å². The molecule has 0 saturated heterocycles. The Morgan fingerprint density at radius 2 is 1.43 bits per heavy atom. The third-order valence-corrected chi connectivity index (χ3v) is 4.17. The minimum atomic E-state index is -6.20. The monoisotopic (exact) mass is 414 g/mol. The van der Waals surface area contributed by atoms with E-state index in [-0.39, 0.29) is 23.4 Å². The molecular formula is C18H24F6N2O2. The van der Waals surface area contributed by atoms with Gasteiger partial charge in [-0.25, -0.2) is 4.79 Å². The van der Waals surface area contributed by atoms with Gasteiger partial charge in [-0.15, -0.1) is 0 Å². The fourth-order valence-electron chi connectivity index (χ4n) is 2.61. The molecule has 0 bridgehead atoms. The smallest absolute Gasteiger partial charge is 0.350 e. The van der Waals surface area contributed by atoms with Crippen molar-refractivity contribution in [1.82, 2.24) is 5.32 Å². The van der Waals surface area contributed by atoms with Gasteiger partial charge in [0, 0.05) is 17.8 Å². The Hall–Kier alpha value is -1.97. The lowest BCUT2D eigenvalue weighted by atomic mass is 9.87. The maximum absolute atomic E-state index is 14.4. The normalized spacial score (nSPS) is 14.9. The molecule has 0 radical (unpaired) electrons. The predicted molar refractivity (Wildman–Crippen MR) is 93.3 cm³/mol. The van der Waals surface area contributed by atoms with Gasteiger partial charge in [0.2, 0.25) is 0 Å². The number of nitrogens with one attached hydrogen (secondary N) is 2. The lowest BCUT2D eigenvalue weighted by molar-refractivity contribution is -0.390. The van der Waals surface area contributed by atoms with Crippen LogP contribution in [0.1, 0.15) is 63.1 Å². The van der Waals surface area contributed by atoms with Crippen LogP contribution in [0.25, 0.3) is 0 Å². The van der Waals surface area contributed by atoms with Crippen LogP contribution in [0.4, 0.5) is 36.8 Å². The molecule has 28 heavy (non-hydrogen) atoms. The molecule has 2 amide bonds. The van der Waals surface area contributed by atoms with Gasteiger partial charge in [0.25, 0.3) is 0 Å². The maximum Gasteiger partial charge on any atom is 0.455 e. The van der Waals surface area contributed by atoms with Gasteiger partial charge in [0.05, 0.1) is 0 Å². The van der Waals surface area contributed by atoms with Gasteiger partial charge in [-0.1, -0.05) is 27.7 Å². The average Bonchev–Trinajstić information content (AvgIpc) is 2.53. The number of amides is 2. The van der Waals surface area contributed by atoms with Crippen LogP contribution < -0.4 is 10.6 Å². The summed E-state index contributed by atoms with van der Waals surface area (Å²) in [5.74, 6) is -12.0. The topological polar surface area (TPSA) is 61.4 Å². The molecule has 10 heteroatoms. The molecule has 1 unspecified atom stereocenters. The summed E-state index contributed by atoms with van der Waals surface area (Å²) in [6, 6.07) is 0.728. The number of benzene rings is 1. The molecule has 0 heterocycles. The summed E-state index contributed by atoms with van der Waals surface area (Å²) in [5.41, 5.74) is -0.996. The third-order valence-electron chi connectivity index (χ3n) is 4.17. The second-order valence-electron chi connectivity index (χ2n) is 7.02. The zero-order valence-corrected chi connectivity index (χ0v) is 16.1. The van der Waals surface area contributed by atoms with E-state index in [1.807, 2.05) is 0 Å². The standard InChI is InChI=1S/C18H24F6N2O2/c1-6-25-15(27)26-14-12(9(2)3)7-11(8-13(14)10(4)5)16(19,20)17(21,28)18(22,23)24/h7-10,28H,6H2,1-5H3,(H2,25,26,27). The first-order valence-corrected chi connectivity index (χ1v) is 8.66. The van der Waals surface area contributed by atoms with Crippen molar-refractivity contribution >= 4 is 11.7 Å². The van der Waals surface area contributed by atoms with E-state index in [0.29, 0.717) is 12.1 Å². The quantitative estimate of drug-likeness (QED) is 0.547. The van der Waals surface area contributed by atoms with E-state index in [1.54, 1.807) is 34.6 Å². The highest BCUT2D eigenvalue weighted by atomic mass is 19.4. The summed E-state index contributed by atoms with van der Waals surface area (Å²) >= 11 is 0. The lowest BCUT2D eigenvalue weighted by Crippen LogP contribution is -2.53. The van der Waals surface area contributed by atoms with E-state index in [0.717, 1.165) is 0 Å². The van der Waals surface area contributed by atoms with Crippen LogP contribution in [-0.4, -0.2) is 29.7 Å². The summed E-state index contributed by atoms with van der Waals surface area (Å²) < 4.78 is 80.6. The van der Waals surface area contributed by atoms with Gasteiger partial charge < -0.3 is 15.7 Å². The Kier molecular flexibility index (Phi) is 7.03. The van der Waals surface area contributed by atoms with Crippen molar-refractivity contribution in [2.45, 2.75) is 64.4 Å². The fraction of sp³-hybridized carbons (Fsp3) is 0.611. The van der Waals surface area contributed by atoms with Crippen molar-refractivity contribution in [1.29, 1.82) is 0 Å². The molecule has 1 aromatic rings. The van der Waals surface area contributed by atoms with E-state index in [2.05, 4.69) is 10.6 Å². The molecule has 0 spiro atoms. The summed E-state index contributed by atoms with van der Waals surface area (Å²) in [6.07, 6.45) is -6.20. The van der Waals surface area contributed by atoms with Crippen LogP contribution in [0.3, 0.4) is 0 Å². The first kappa shape index (κ1) is 24.1. The highest BCUT2D eigenvalue weighted by Gasteiger charge is 2.71. The largest absolute Gasteiger partial charge is 0.455 e.